The molecule has 2 N–H and O–H groups in total. The predicted octanol–water partition coefficient (Wildman–Crippen LogP) is 2.30. The van der Waals surface area contributed by atoms with Crippen molar-refractivity contribution in [2.24, 2.45) is 0 Å². The lowest BCUT2D eigenvalue weighted by atomic mass is 10.2. The highest BCUT2D eigenvalue weighted by molar-refractivity contribution is 7.19. The second-order valence-corrected chi connectivity index (χ2v) is 4.48. The van der Waals surface area contributed by atoms with Crippen LogP contribution in [0.4, 0.5) is 0 Å². The number of aromatic amines is 1. The van der Waals surface area contributed by atoms with Crippen LogP contribution in [-0.4, -0.2) is 25.7 Å². The molecule has 0 spiro atoms. The Bertz CT molecular complexity index is 618. The Hall–Kier alpha value is -2.21. The number of H-pyrrole nitrogens is 1. The van der Waals surface area contributed by atoms with E-state index in [0.717, 1.165) is 10.4 Å². The number of tetrazole rings is 1. The number of rotatable bonds is 2. The third kappa shape index (κ3) is 1.78. The maximum absolute atomic E-state index is 9.85. The Morgan fingerprint density at radius 2 is 2.00 bits per heavy atom. The highest BCUT2D eigenvalue weighted by Gasteiger charge is 2.14. The van der Waals surface area contributed by atoms with E-state index in [1.807, 2.05) is 30.3 Å². The van der Waals surface area contributed by atoms with Crippen molar-refractivity contribution >= 4 is 11.3 Å². The van der Waals surface area contributed by atoms with Gasteiger partial charge in [0.25, 0.3) is 0 Å². The average molecular weight is 244 g/mol. The van der Waals surface area contributed by atoms with Crippen molar-refractivity contribution in [2.75, 3.05) is 0 Å². The summed E-state index contributed by atoms with van der Waals surface area (Å²) in [5.74, 6) is 0.588. The number of hydrogen-bond acceptors (Lipinski definition) is 5. The fourth-order valence-corrected chi connectivity index (χ4v) is 2.53. The van der Waals surface area contributed by atoms with Crippen molar-refractivity contribution in [3.8, 4) is 26.9 Å². The van der Waals surface area contributed by atoms with Gasteiger partial charge in [0.2, 0.25) is 5.82 Å². The molecule has 0 aliphatic rings. The zero-order valence-corrected chi connectivity index (χ0v) is 9.48. The van der Waals surface area contributed by atoms with E-state index >= 15 is 0 Å². The molecular formula is C11H8N4OS. The van der Waals surface area contributed by atoms with Crippen LogP contribution in [0.3, 0.4) is 0 Å². The van der Waals surface area contributed by atoms with Crippen LogP contribution in [0.15, 0.2) is 36.4 Å². The summed E-state index contributed by atoms with van der Waals surface area (Å²) in [6, 6.07) is 11.6. The van der Waals surface area contributed by atoms with E-state index < -0.39 is 0 Å². The van der Waals surface area contributed by atoms with E-state index in [-0.39, 0.29) is 5.75 Å². The summed E-state index contributed by atoms with van der Waals surface area (Å²) in [7, 11) is 0. The molecule has 0 aliphatic heterocycles. The SMILES string of the molecule is Oc1cc(-c2ccccc2)sc1-c1nn[nH]n1. The van der Waals surface area contributed by atoms with E-state index in [9.17, 15) is 5.11 Å². The van der Waals surface area contributed by atoms with Gasteiger partial charge < -0.3 is 5.11 Å². The molecule has 0 saturated heterocycles. The number of nitrogens with zero attached hydrogens (tertiary/aromatic N) is 3. The lowest BCUT2D eigenvalue weighted by Gasteiger charge is -1.93. The normalized spacial score (nSPS) is 10.6. The lowest BCUT2D eigenvalue weighted by molar-refractivity contribution is 0.479. The minimum Gasteiger partial charge on any atom is -0.506 e. The molecule has 0 bridgehead atoms. The number of aromatic nitrogens is 4. The van der Waals surface area contributed by atoms with Gasteiger partial charge >= 0.3 is 0 Å². The highest BCUT2D eigenvalue weighted by atomic mass is 32.1. The largest absolute Gasteiger partial charge is 0.506 e. The van der Waals surface area contributed by atoms with Crippen molar-refractivity contribution in [3.05, 3.63) is 36.4 Å². The summed E-state index contributed by atoms with van der Waals surface area (Å²) >= 11 is 1.44. The molecule has 84 valence electrons. The van der Waals surface area contributed by atoms with Crippen LogP contribution < -0.4 is 0 Å². The third-order valence-electron chi connectivity index (χ3n) is 2.32. The van der Waals surface area contributed by atoms with Gasteiger partial charge in [-0.1, -0.05) is 30.3 Å². The summed E-state index contributed by atoms with van der Waals surface area (Å²) < 4.78 is 0. The van der Waals surface area contributed by atoms with Gasteiger partial charge in [0.05, 0.1) is 0 Å². The van der Waals surface area contributed by atoms with E-state index in [0.29, 0.717) is 10.7 Å². The van der Waals surface area contributed by atoms with Gasteiger partial charge in [-0.25, -0.2) is 0 Å². The van der Waals surface area contributed by atoms with Crippen molar-refractivity contribution in [1.82, 2.24) is 20.6 Å². The minimum absolute atomic E-state index is 0.176. The Balaban J connectivity index is 2.08. The Morgan fingerprint density at radius 3 is 2.71 bits per heavy atom. The van der Waals surface area contributed by atoms with Gasteiger partial charge in [-0.3, -0.25) is 0 Å². The summed E-state index contributed by atoms with van der Waals surface area (Å²) in [5.41, 5.74) is 1.06. The van der Waals surface area contributed by atoms with Crippen LogP contribution >= 0.6 is 11.3 Å². The second kappa shape index (κ2) is 3.99. The molecule has 2 heterocycles. The van der Waals surface area contributed by atoms with Crippen LogP contribution in [0.1, 0.15) is 0 Å². The van der Waals surface area contributed by atoms with E-state index in [2.05, 4.69) is 20.6 Å². The Kier molecular flexibility index (Phi) is 2.34. The predicted molar refractivity (Wildman–Crippen MR) is 64.6 cm³/mol. The van der Waals surface area contributed by atoms with Crippen molar-refractivity contribution in [1.29, 1.82) is 0 Å². The highest BCUT2D eigenvalue weighted by Crippen LogP contribution is 2.40. The van der Waals surface area contributed by atoms with Gasteiger partial charge in [0.1, 0.15) is 10.6 Å². The number of benzene rings is 1. The zero-order chi connectivity index (χ0) is 11.7. The van der Waals surface area contributed by atoms with E-state index in [4.69, 9.17) is 0 Å². The Labute approximate surface area is 101 Å². The number of aromatic hydroxyl groups is 1. The first-order valence-electron chi connectivity index (χ1n) is 4.96. The molecule has 17 heavy (non-hydrogen) atoms. The Morgan fingerprint density at radius 1 is 1.18 bits per heavy atom. The molecule has 0 unspecified atom stereocenters. The topological polar surface area (TPSA) is 74.7 Å². The molecule has 2 aromatic heterocycles. The maximum Gasteiger partial charge on any atom is 0.218 e. The van der Waals surface area contributed by atoms with Gasteiger partial charge in [-0.15, -0.1) is 21.5 Å². The van der Waals surface area contributed by atoms with Crippen LogP contribution in [0.2, 0.25) is 0 Å². The smallest absolute Gasteiger partial charge is 0.218 e. The third-order valence-corrected chi connectivity index (χ3v) is 3.49. The molecule has 3 rings (SSSR count). The molecule has 5 nitrogen and oxygen atoms in total. The molecule has 0 atom stereocenters. The standard InChI is InChI=1S/C11H8N4OS/c16-8-6-9(7-4-2-1-3-5-7)17-10(8)11-12-14-15-13-11/h1-6,16H,(H,12,13,14,15). The monoisotopic (exact) mass is 244 g/mol. The quantitative estimate of drug-likeness (QED) is 0.725. The number of thiophene rings is 1. The summed E-state index contributed by atoms with van der Waals surface area (Å²) in [6.45, 7) is 0. The molecule has 0 saturated carbocycles. The fraction of sp³-hybridized carbons (Fsp3) is 0. The first-order chi connectivity index (χ1) is 8.34. The summed E-state index contributed by atoms with van der Waals surface area (Å²) in [5, 5.41) is 23.4. The van der Waals surface area contributed by atoms with Crippen molar-refractivity contribution in [2.45, 2.75) is 0 Å². The molecule has 0 radical (unpaired) electrons. The molecule has 0 fully saturated rings. The number of hydrogen-bond donors (Lipinski definition) is 2. The number of nitrogens with one attached hydrogen (secondary N) is 1. The summed E-state index contributed by atoms with van der Waals surface area (Å²) in [6.07, 6.45) is 0. The zero-order valence-electron chi connectivity index (χ0n) is 8.66. The van der Waals surface area contributed by atoms with E-state index in [1.165, 1.54) is 11.3 Å². The molecule has 3 aromatic rings. The van der Waals surface area contributed by atoms with E-state index in [1.54, 1.807) is 6.07 Å². The molecule has 1 aromatic carbocycles. The van der Waals surface area contributed by atoms with Gasteiger partial charge in [0, 0.05) is 4.88 Å². The molecular weight excluding hydrogens is 236 g/mol. The van der Waals surface area contributed by atoms with Gasteiger partial charge in [-0.2, -0.15) is 5.21 Å². The maximum atomic E-state index is 9.85. The van der Waals surface area contributed by atoms with Crippen molar-refractivity contribution < 1.29 is 5.11 Å². The minimum atomic E-state index is 0.176. The second-order valence-electron chi connectivity index (χ2n) is 3.43. The van der Waals surface area contributed by atoms with Gasteiger partial charge in [-0.05, 0) is 16.8 Å². The van der Waals surface area contributed by atoms with Crippen LogP contribution in [0.25, 0.3) is 21.1 Å². The first-order valence-corrected chi connectivity index (χ1v) is 5.78. The lowest BCUT2D eigenvalue weighted by Crippen LogP contribution is -1.75. The molecule has 0 amide bonds. The van der Waals surface area contributed by atoms with Crippen molar-refractivity contribution in [3.63, 3.8) is 0 Å². The van der Waals surface area contributed by atoms with Gasteiger partial charge in [0.15, 0.2) is 0 Å². The van der Waals surface area contributed by atoms with Crippen LogP contribution in [-0.2, 0) is 0 Å². The summed E-state index contributed by atoms with van der Waals surface area (Å²) in [4.78, 5) is 1.60. The first kappa shape index (κ1) is 9.98. The average Bonchev–Trinajstić information content (AvgIpc) is 2.99. The van der Waals surface area contributed by atoms with Crippen LogP contribution in [0, 0.1) is 0 Å². The van der Waals surface area contributed by atoms with Crippen LogP contribution in [0.5, 0.6) is 5.75 Å². The molecule has 0 aliphatic carbocycles. The molecule has 6 heteroatoms. The fourth-order valence-electron chi connectivity index (χ4n) is 1.54.